The second kappa shape index (κ2) is 54.9. The monoisotopic (exact) mass is 2460 g/mol. The van der Waals surface area contributed by atoms with E-state index in [1.54, 1.807) is 61.9 Å². The first kappa shape index (κ1) is 76.0. The van der Waals surface area contributed by atoms with Gasteiger partial charge in [-0.1, -0.05) is 207 Å². The molecule has 8 nitrogen and oxygen atoms in total. The van der Waals surface area contributed by atoms with Crippen molar-refractivity contribution in [3.63, 3.8) is 0 Å². The molecule has 4 radical (unpaired) electrons. The van der Waals surface area contributed by atoms with Crippen LogP contribution in [0.3, 0.4) is 0 Å². The number of hydrogen-bond acceptors (Lipinski definition) is 8. The summed E-state index contributed by atoms with van der Waals surface area (Å²) < 4.78 is 158. The molecule has 0 unspecified atom stereocenters. The maximum Gasteiger partial charge on any atom is 0.0280 e. The molecule has 8 heterocycles. The molecule has 0 aliphatic rings. The van der Waals surface area contributed by atoms with E-state index in [0.29, 0.717) is 67.4 Å². The van der Waals surface area contributed by atoms with E-state index in [2.05, 4.69) is 114 Å². The van der Waals surface area contributed by atoms with E-state index < -0.39 is 48.0 Å². The van der Waals surface area contributed by atoms with Crippen LogP contribution in [0.15, 0.2) is 432 Å². The summed E-state index contributed by atoms with van der Waals surface area (Å²) >= 11 is 0. The predicted octanol–water partition coefficient (Wildman–Crippen LogP) is 29.8. The van der Waals surface area contributed by atoms with Crippen LogP contribution in [-0.2, 0) is 80.4 Å². The Labute approximate surface area is 869 Å². The molecule has 0 fully saturated rings. The van der Waals surface area contributed by atoms with E-state index in [9.17, 15) is 0 Å². The number of pyridine rings is 8. The zero-order valence-electron chi connectivity index (χ0n) is 92.9. The quantitative estimate of drug-likeness (QED) is 0.111. The van der Waals surface area contributed by atoms with Gasteiger partial charge in [-0.15, -0.1) is 286 Å². The van der Waals surface area contributed by atoms with E-state index >= 15 is 0 Å². The van der Waals surface area contributed by atoms with Gasteiger partial charge in [0, 0.05) is 170 Å². The molecule has 0 bridgehead atoms. The van der Waals surface area contributed by atoms with Crippen LogP contribution in [0, 0.1) is 110 Å². The van der Waals surface area contributed by atoms with E-state index in [4.69, 9.17) is 28.8 Å². The van der Waals surface area contributed by atoms with Gasteiger partial charge in [0.05, 0.1) is 0 Å². The summed E-state index contributed by atoms with van der Waals surface area (Å²) in [6.45, 7) is -11.5. The molecule has 0 saturated heterocycles. The van der Waals surface area contributed by atoms with Crippen LogP contribution in [0.25, 0.3) is 135 Å². The molecule has 20 aromatic rings. The van der Waals surface area contributed by atoms with Gasteiger partial charge in [-0.2, -0.15) is 0 Å². The first-order valence-electron chi connectivity index (χ1n) is 51.5. The summed E-state index contributed by atoms with van der Waals surface area (Å²) in [7, 11) is 0. The van der Waals surface area contributed by atoms with Crippen LogP contribution in [0.2, 0.25) is 0 Å². The molecule has 8 aromatic heterocycles. The summed E-state index contributed by atoms with van der Waals surface area (Å²) in [5.74, 6) is 0. The number of aromatic nitrogens is 8. The topological polar surface area (TPSA) is 103 Å². The van der Waals surface area contributed by atoms with Crippen molar-refractivity contribution in [3.05, 3.63) is 530 Å². The molecule has 0 spiro atoms. The number of nitrogens with zero attached hydrogens (tertiary/aromatic N) is 8. The Morgan fingerprint density at radius 1 is 0.188 bits per heavy atom. The zero-order chi connectivity index (χ0) is 107. The van der Waals surface area contributed by atoms with Crippen LogP contribution in [-0.4, -0.2) is 39.9 Å². The molecule has 0 aliphatic heterocycles. The summed E-state index contributed by atoms with van der Waals surface area (Å²) in [6.07, 6.45) is 12.7. The van der Waals surface area contributed by atoms with Crippen molar-refractivity contribution in [1.29, 1.82) is 0 Å². The van der Waals surface area contributed by atoms with Gasteiger partial charge in [-0.3, -0.25) is 0 Å². The molecule has 0 amide bonds. The Morgan fingerprint density at radius 3 is 0.767 bits per heavy atom. The molecule has 12 heteroatoms. The normalized spacial score (nSPS) is 12.9. The Hall–Kier alpha value is -13.6. The molecule has 12 aromatic carbocycles. The van der Waals surface area contributed by atoms with E-state index in [0.717, 1.165) is 67.2 Å². The van der Waals surface area contributed by atoms with Gasteiger partial charge in [0.25, 0.3) is 0 Å². The third kappa shape index (κ3) is 31.6. The first-order chi connectivity index (χ1) is 71.7. The van der Waals surface area contributed by atoms with E-state index in [1.807, 2.05) is 303 Å². The fraction of sp³-hybridized carbons (Fsp3) is 0.0744. The number of rotatable bonds is 12. The molecule has 0 atom stereocenters. The van der Waals surface area contributed by atoms with Crippen LogP contribution in [0.1, 0.15) is 78.9 Å². The van der Waals surface area contributed by atoms with Gasteiger partial charge in [-0.25, -0.2) is 0 Å². The average Bonchev–Trinajstić information content (AvgIpc) is 0.788. The van der Waals surface area contributed by atoms with Crippen LogP contribution in [0.5, 0.6) is 0 Å². The molecule has 0 aliphatic carbocycles. The second-order valence-electron chi connectivity index (χ2n) is 28.6. The standard InChI is InChI=1S/4C18H14N.C14H14N.C13H12N.2C11H8N.4Ir/c2*1-14-13-19-18(16-10-6-3-7-11-16)12-17(14)15-8-4-2-5-9-15;2*1-14-12-18(16-10-6-3-7-11-16)19-13-17(14)15-8-4-2-5-9-15;1-10-4-6-13(7-5-10)14-8-11(2)12(3)9-15-14;1-10-3-6-12(7-4-10)13-8-5-11(2)9-14-13;2*1-2-6-10(7-3-1)11-8-4-5-9-12-11;;;;/h4*2-10,12-13H,1H3;4-6,8-9H,1-3H3;3-6,8-9H,1-2H3;2*1-6,8-9H;;;;/q8*-1;;;;/i3*1D3;;1D3,3D3;1D3,2D3;;;;;;. The van der Waals surface area contributed by atoms with Crippen molar-refractivity contribution in [1.82, 2.24) is 39.9 Å². The Kier molecular flexibility index (Phi) is 31.4. The van der Waals surface area contributed by atoms with Crippen molar-refractivity contribution >= 4 is 0 Å². The van der Waals surface area contributed by atoms with Crippen LogP contribution < -0.4 is 0 Å². The minimum Gasteiger partial charge on any atom is -0.305 e. The van der Waals surface area contributed by atoms with E-state index in [-0.39, 0.29) is 114 Å². The number of benzene rings is 12. The third-order valence-corrected chi connectivity index (χ3v) is 19.5. The summed E-state index contributed by atoms with van der Waals surface area (Å²) in [4.78, 5) is 34.2. The predicted molar refractivity (Wildman–Crippen MR) is 532 cm³/mol. The SMILES string of the molecule is Cc1cc(-c2[c-]cccc2)ncc1-c1ccccc1.[2H]C([2H])([2H])c1c[c-]c(-c2cc(C)c(C([2H])([2H])[2H])cn2)cc1.[2H]C([2H])([2H])c1c[c-]c(-c2ccc(C([2H])([2H])[2H])cn2)cc1.[2H]C([2H])([2H])c1cc(-c2[c-]cccc2)ncc1-c1ccccc1.[2H]C([2H])([2H])c1cnc(-c2[c-]cccc2)cc1-c1ccccc1.[2H]C([2H])([2H])c1cnc(-c2[c-]cccc2)cc1-c1ccccc1.[Ir].[Ir].[Ir].[Ir].[c-]1ccccc1-c1ccccn1.[c-]1ccccc1-c1ccccn1. The van der Waals surface area contributed by atoms with Crippen molar-refractivity contribution in [2.45, 2.75) is 61.8 Å². The van der Waals surface area contributed by atoms with Crippen molar-refractivity contribution in [2.75, 3.05) is 0 Å². The Balaban J connectivity index is 0.000000195. The molecule has 666 valence electrons. The molecule has 0 saturated carbocycles. The fourth-order valence-corrected chi connectivity index (χ4v) is 12.8. The zero-order valence-corrected chi connectivity index (χ0v) is 81.5. The Bertz CT molecular complexity index is 7270. The molecule has 20 rings (SSSR count). The summed E-state index contributed by atoms with van der Waals surface area (Å²) in [6, 6.07) is 142. The minimum atomic E-state index is -2.20. The third-order valence-electron chi connectivity index (χ3n) is 19.5. The van der Waals surface area contributed by atoms with Gasteiger partial charge in [-0.05, 0) is 173 Å². The summed E-state index contributed by atoms with van der Waals surface area (Å²) in [5, 5.41) is 0. The summed E-state index contributed by atoms with van der Waals surface area (Å²) in [5.41, 5.74) is 23.4. The van der Waals surface area contributed by atoms with Crippen LogP contribution >= 0.6 is 0 Å². The smallest absolute Gasteiger partial charge is 0.0280 e. The van der Waals surface area contributed by atoms with Gasteiger partial charge < -0.3 is 39.9 Å². The van der Waals surface area contributed by atoms with Gasteiger partial charge >= 0.3 is 0 Å². The average molecular weight is 2450 g/mol. The Morgan fingerprint density at radius 2 is 0.466 bits per heavy atom. The van der Waals surface area contributed by atoms with E-state index in [1.165, 1.54) is 71.8 Å². The fourth-order valence-electron chi connectivity index (χ4n) is 12.8. The number of hydrogen-bond donors (Lipinski definition) is 0. The largest absolute Gasteiger partial charge is 0.305 e. The second-order valence-corrected chi connectivity index (χ2v) is 28.6. The number of aryl methyl sites for hydroxylation is 9. The molecule has 133 heavy (non-hydrogen) atoms. The molecular weight excluding hydrogens is 2330 g/mol. The minimum absolute atomic E-state index is 0. The molecular formula is C121H98Ir4N8-8. The van der Waals surface area contributed by atoms with Gasteiger partial charge in [0.2, 0.25) is 0 Å². The maximum absolute atomic E-state index is 7.82. The van der Waals surface area contributed by atoms with Crippen molar-refractivity contribution < 1.29 is 109 Å². The van der Waals surface area contributed by atoms with Gasteiger partial charge in [0.15, 0.2) is 0 Å². The molecule has 0 N–H and O–H groups in total. The maximum atomic E-state index is 7.82. The van der Waals surface area contributed by atoms with Crippen LogP contribution in [0.4, 0.5) is 0 Å². The van der Waals surface area contributed by atoms with Gasteiger partial charge in [0.1, 0.15) is 0 Å². The van der Waals surface area contributed by atoms with Crippen molar-refractivity contribution in [3.8, 4) is 135 Å². The first-order valence-corrected chi connectivity index (χ1v) is 41.0. The van der Waals surface area contributed by atoms with Crippen molar-refractivity contribution in [2.24, 2.45) is 0 Å².